The molecule has 4 rings (SSSR count). The summed E-state index contributed by atoms with van der Waals surface area (Å²) in [6.45, 7) is 9.10. The Morgan fingerprint density at radius 2 is 1.84 bits per heavy atom. The summed E-state index contributed by atoms with van der Waals surface area (Å²) >= 11 is 5.46. The number of piperidine rings is 1. The van der Waals surface area contributed by atoms with Crippen molar-refractivity contribution in [2.24, 2.45) is 11.8 Å². The summed E-state index contributed by atoms with van der Waals surface area (Å²) in [5.41, 5.74) is 1.97. The zero-order valence-electron chi connectivity index (χ0n) is 18.3. The molecule has 0 unspecified atom stereocenters. The van der Waals surface area contributed by atoms with Gasteiger partial charge in [-0.1, -0.05) is 44.2 Å². The molecule has 3 heterocycles. The van der Waals surface area contributed by atoms with E-state index in [9.17, 15) is 0 Å². The van der Waals surface area contributed by atoms with Gasteiger partial charge >= 0.3 is 0 Å². The standard InChI is InChI=1S/C24H29N5OS/c1-16-11-17(2)15-29(14-16)22-12-18(3)26-23(27-22)28-24(31)25-13-20-9-10-21(30-20)19-7-5-4-6-8-19/h4-10,12,16-17H,11,13-15H2,1-3H3,(H2,25,26,27,28,31)/t16-,17+. The van der Waals surface area contributed by atoms with E-state index in [-0.39, 0.29) is 0 Å². The van der Waals surface area contributed by atoms with Crippen LogP contribution in [0, 0.1) is 18.8 Å². The number of hydrogen-bond acceptors (Lipinski definition) is 5. The Labute approximate surface area is 189 Å². The molecule has 2 N–H and O–H groups in total. The Kier molecular flexibility index (Phi) is 6.51. The van der Waals surface area contributed by atoms with E-state index < -0.39 is 0 Å². The van der Waals surface area contributed by atoms with Gasteiger partial charge in [-0.15, -0.1) is 0 Å². The lowest BCUT2D eigenvalue weighted by molar-refractivity contribution is 0.355. The molecule has 0 amide bonds. The number of aryl methyl sites for hydroxylation is 1. The van der Waals surface area contributed by atoms with E-state index in [1.165, 1.54) is 6.42 Å². The smallest absolute Gasteiger partial charge is 0.231 e. The highest BCUT2D eigenvalue weighted by Gasteiger charge is 2.23. The molecule has 3 aromatic rings. The molecule has 31 heavy (non-hydrogen) atoms. The fraction of sp³-hybridized carbons (Fsp3) is 0.375. The van der Waals surface area contributed by atoms with Gasteiger partial charge < -0.3 is 20.0 Å². The molecule has 0 saturated carbocycles. The molecule has 2 aromatic heterocycles. The molecule has 1 aliphatic rings. The van der Waals surface area contributed by atoms with E-state index in [0.717, 1.165) is 41.7 Å². The molecule has 0 aliphatic carbocycles. The zero-order chi connectivity index (χ0) is 21.8. The number of thiocarbonyl (C=S) groups is 1. The molecule has 1 fully saturated rings. The Bertz CT molecular complexity index is 1030. The molecule has 1 saturated heterocycles. The summed E-state index contributed by atoms with van der Waals surface area (Å²) in [6, 6.07) is 16.0. The minimum atomic E-state index is 0.467. The average molecular weight is 436 g/mol. The minimum Gasteiger partial charge on any atom is -0.459 e. The maximum atomic E-state index is 5.92. The first-order chi connectivity index (χ1) is 15.0. The lowest BCUT2D eigenvalue weighted by Gasteiger charge is -2.36. The number of anilines is 2. The third-order valence-corrected chi connectivity index (χ3v) is 5.65. The SMILES string of the molecule is Cc1cc(N2C[C@H](C)C[C@H](C)C2)nc(NC(=S)NCc2ccc(-c3ccccc3)o2)n1. The Balaban J connectivity index is 1.36. The first-order valence-corrected chi connectivity index (χ1v) is 11.2. The van der Waals surface area contributed by atoms with Crippen LogP contribution in [0.3, 0.4) is 0 Å². The second-order valence-electron chi connectivity index (χ2n) is 8.48. The predicted octanol–water partition coefficient (Wildman–Crippen LogP) is 5.01. The molecular formula is C24H29N5OS. The molecular weight excluding hydrogens is 406 g/mol. The molecule has 1 aliphatic heterocycles. The van der Waals surface area contributed by atoms with Gasteiger partial charge in [0.05, 0.1) is 6.54 Å². The van der Waals surface area contributed by atoms with Crippen molar-refractivity contribution in [2.45, 2.75) is 33.7 Å². The summed E-state index contributed by atoms with van der Waals surface area (Å²) in [5.74, 6) is 4.44. The van der Waals surface area contributed by atoms with Crippen molar-refractivity contribution >= 4 is 29.1 Å². The van der Waals surface area contributed by atoms with Crippen LogP contribution >= 0.6 is 12.2 Å². The first kappa shape index (κ1) is 21.3. The normalized spacial score (nSPS) is 18.6. The lowest BCUT2D eigenvalue weighted by atomic mass is 9.92. The van der Waals surface area contributed by atoms with Crippen molar-refractivity contribution < 1.29 is 4.42 Å². The number of benzene rings is 1. The maximum Gasteiger partial charge on any atom is 0.231 e. The Hall–Kier alpha value is -2.93. The van der Waals surface area contributed by atoms with E-state index in [4.69, 9.17) is 21.6 Å². The minimum absolute atomic E-state index is 0.467. The fourth-order valence-corrected chi connectivity index (χ4v) is 4.33. The van der Waals surface area contributed by atoms with E-state index in [1.807, 2.05) is 55.5 Å². The van der Waals surface area contributed by atoms with Gasteiger partial charge in [-0.05, 0) is 49.5 Å². The van der Waals surface area contributed by atoms with Gasteiger partial charge in [0.1, 0.15) is 17.3 Å². The molecule has 1 aromatic carbocycles. The second kappa shape index (κ2) is 9.47. The summed E-state index contributed by atoms with van der Waals surface area (Å²) < 4.78 is 5.92. The van der Waals surface area contributed by atoms with Gasteiger partial charge in [-0.25, -0.2) is 4.98 Å². The largest absolute Gasteiger partial charge is 0.459 e. The van der Waals surface area contributed by atoms with Crippen LogP contribution in [0.4, 0.5) is 11.8 Å². The first-order valence-electron chi connectivity index (χ1n) is 10.8. The van der Waals surface area contributed by atoms with Crippen LogP contribution in [0.25, 0.3) is 11.3 Å². The third-order valence-electron chi connectivity index (χ3n) is 5.40. The molecule has 0 spiro atoms. The van der Waals surface area contributed by atoms with E-state index >= 15 is 0 Å². The van der Waals surface area contributed by atoms with Crippen molar-refractivity contribution in [2.75, 3.05) is 23.3 Å². The van der Waals surface area contributed by atoms with Gasteiger partial charge in [-0.3, -0.25) is 0 Å². The van der Waals surface area contributed by atoms with Crippen LogP contribution in [-0.4, -0.2) is 28.2 Å². The number of rotatable bonds is 5. The predicted molar refractivity (Wildman–Crippen MR) is 129 cm³/mol. The van der Waals surface area contributed by atoms with Crippen LogP contribution in [0.2, 0.25) is 0 Å². The van der Waals surface area contributed by atoms with Gasteiger partial charge in [0.15, 0.2) is 5.11 Å². The van der Waals surface area contributed by atoms with Gasteiger partial charge in [0, 0.05) is 30.4 Å². The Morgan fingerprint density at radius 3 is 2.58 bits per heavy atom. The quantitative estimate of drug-likeness (QED) is 0.546. The number of nitrogens with one attached hydrogen (secondary N) is 2. The zero-order valence-corrected chi connectivity index (χ0v) is 19.1. The van der Waals surface area contributed by atoms with Crippen molar-refractivity contribution in [3.8, 4) is 11.3 Å². The van der Waals surface area contributed by atoms with Crippen LogP contribution < -0.4 is 15.5 Å². The van der Waals surface area contributed by atoms with Crippen LogP contribution in [0.5, 0.6) is 0 Å². The van der Waals surface area contributed by atoms with E-state index in [2.05, 4.69) is 34.4 Å². The van der Waals surface area contributed by atoms with Crippen molar-refractivity contribution in [1.29, 1.82) is 0 Å². The number of aromatic nitrogens is 2. The topological polar surface area (TPSA) is 66.2 Å². The Morgan fingerprint density at radius 1 is 1.10 bits per heavy atom. The summed E-state index contributed by atoms with van der Waals surface area (Å²) in [7, 11) is 0. The van der Waals surface area contributed by atoms with Crippen LogP contribution in [0.15, 0.2) is 52.9 Å². The van der Waals surface area contributed by atoms with Gasteiger partial charge in [0.25, 0.3) is 0 Å². The summed E-state index contributed by atoms with van der Waals surface area (Å²) in [5, 5.41) is 6.77. The van der Waals surface area contributed by atoms with Gasteiger partial charge in [-0.2, -0.15) is 4.98 Å². The highest BCUT2D eigenvalue weighted by Crippen LogP contribution is 2.26. The van der Waals surface area contributed by atoms with Gasteiger partial charge in [0.2, 0.25) is 5.95 Å². The van der Waals surface area contributed by atoms with Crippen LogP contribution in [-0.2, 0) is 6.54 Å². The molecule has 162 valence electrons. The number of hydrogen-bond donors (Lipinski definition) is 2. The monoisotopic (exact) mass is 435 g/mol. The van der Waals surface area contributed by atoms with Crippen LogP contribution in [0.1, 0.15) is 31.7 Å². The summed E-state index contributed by atoms with van der Waals surface area (Å²) in [4.78, 5) is 11.6. The summed E-state index contributed by atoms with van der Waals surface area (Å²) in [6.07, 6.45) is 1.26. The third kappa shape index (κ3) is 5.61. The van der Waals surface area contributed by atoms with E-state index in [1.54, 1.807) is 0 Å². The average Bonchev–Trinajstić information content (AvgIpc) is 3.21. The molecule has 0 radical (unpaired) electrons. The lowest BCUT2D eigenvalue weighted by Crippen LogP contribution is -2.39. The maximum absolute atomic E-state index is 5.92. The van der Waals surface area contributed by atoms with Crippen molar-refractivity contribution in [3.05, 3.63) is 60.0 Å². The number of furan rings is 1. The van der Waals surface area contributed by atoms with E-state index in [0.29, 0.717) is 29.4 Å². The fourth-order valence-electron chi connectivity index (χ4n) is 4.16. The molecule has 2 atom stereocenters. The highest BCUT2D eigenvalue weighted by molar-refractivity contribution is 7.80. The van der Waals surface area contributed by atoms with Crippen molar-refractivity contribution in [1.82, 2.24) is 15.3 Å². The number of nitrogens with zero attached hydrogens (tertiary/aromatic N) is 3. The molecule has 0 bridgehead atoms. The van der Waals surface area contributed by atoms with Crippen molar-refractivity contribution in [3.63, 3.8) is 0 Å². The second-order valence-corrected chi connectivity index (χ2v) is 8.89. The molecule has 6 nitrogen and oxygen atoms in total. The molecule has 7 heteroatoms. The highest BCUT2D eigenvalue weighted by atomic mass is 32.1.